The van der Waals surface area contributed by atoms with Crippen molar-refractivity contribution in [3.63, 3.8) is 0 Å². The molecular weight excluding hydrogens is 170 g/mol. The second kappa shape index (κ2) is 3.01. The van der Waals surface area contributed by atoms with E-state index in [0.717, 1.165) is 19.5 Å². The summed E-state index contributed by atoms with van der Waals surface area (Å²) in [5.74, 6) is -0.0811. The van der Waals surface area contributed by atoms with Crippen LogP contribution in [-0.2, 0) is 9.63 Å². The van der Waals surface area contributed by atoms with Crippen LogP contribution in [0.15, 0.2) is 24.7 Å². The number of nitrogens with zero attached hydrogens (tertiary/aromatic N) is 2. The minimum atomic E-state index is -0.0811. The van der Waals surface area contributed by atoms with E-state index in [1.807, 2.05) is 0 Å². The molecular formula is C8H11N3O2. The van der Waals surface area contributed by atoms with Gasteiger partial charge in [0.15, 0.2) is 5.70 Å². The smallest absolute Gasteiger partial charge is 0.275 e. The fourth-order valence-electron chi connectivity index (χ4n) is 1.15. The molecule has 1 amide bonds. The number of hydrazine groups is 1. The van der Waals surface area contributed by atoms with E-state index >= 15 is 0 Å². The number of carbonyl (C=O) groups excluding carboxylic acids is 1. The van der Waals surface area contributed by atoms with E-state index in [-0.39, 0.29) is 5.91 Å². The zero-order valence-corrected chi connectivity index (χ0v) is 7.19. The molecule has 0 aromatic heterocycles. The molecule has 70 valence electrons. The SMILES string of the molecule is C=C(C(=O)N1CCC1)N1NC=CO1. The monoisotopic (exact) mass is 181 g/mol. The number of amides is 1. The second-order valence-electron chi connectivity index (χ2n) is 2.92. The van der Waals surface area contributed by atoms with Crippen LogP contribution in [0.4, 0.5) is 0 Å². The van der Waals surface area contributed by atoms with Gasteiger partial charge in [-0.1, -0.05) is 6.58 Å². The van der Waals surface area contributed by atoms with Crippen LogP contribution >= 0.6 is 0 Å². The lowest BCUT2D eigenvalue weighted by Gasteiger charge is -2.32. The van der Waals surface area contributed by atoms with Gasteiger partial charge in [-0.2, -0.15) is 0 Å². The van der Waals surface area contributed by atoms with Crippen molar-refractivity contribution < 1.29 is 9.63 Å². The molecule has 1 saturated heterocycles. The summed E-state index contributed by atoms with van der Waals surface area (Å²) in [7, 11) is 0. The lowest BCUT2D eigenvalue weighted by molar-refractivity contribution is -0.142. The Hall–Kier alpha value is -1.65. The van der Waals surface area contributed by atoms with E-state index in [9.17, 15) is 4.79 Å². The van der Waals surface area contributed by atoms with Crippen molar-refractivity contribution in [1.29, 1.82) is 0 Å². The minimum absolute atomic E-state index is 0.0811. The van der Waals surface area contributed by atoms with Gasteiger partial charge in [0.2, 0.25) is 0 Å². The van der Waals surface area contributed by atoms with Gasteiger partial charge in [-0.15, -0.1) is 5.17 Å². The molecule has 0 aliphatic carbocycles. The van der Waals surface area contributed by atoms with E-state index in [2.05, 4.69) is 12.0 Å². The third-order valence-corrected chi connectivity index (χ3v) is 2.06. The summed E-state index contributed by atoms with van der Waals surface area (Å²) < 4.78 is 0. The molecule has 13 heavy (non-hydrogen) atoms. The predicted octanol–water partition coefficient (Wildman–Crippen LogP) is -0.0446. The van der Waals surface area contributed by atoms with E-state index in [1.165, 1.54) is 11.4 Å². The molecule has 0 saturated carbocycles. The van der Waals surface area contributed by atoms with Crippen molar-refractivity contribution >= 4 is 5.91 Å². The molecule has 0 unspecified atom stereocenters. The van der Waals surface area contributed by atoms with Crippen LogP contribution in [-0.4, -0.2) is 29.1 Å². The largest absolute Gasteiger partial charge is 0.365 e. The van der Waals surface area contributed by atoms with Gasteiger partial charge in [0.1, 0.15) is 6.26 Å². The first-order chi connectivity index (χ1) is 6.29. The quantitative estimate of drug-likeness (QED) is 0.607. The molecule has 2 rings (SSSR count). The number of hydroxylamine groups is 1. The molecule has 0 spiro atoms. The first kappa shape index (κ1) is 7.97. The molecule has 0 atom stereocenters. The Morgan fingerprint density at radius 3 is 2.77 bits per heavy atom. The summed E-state index contributed by atoms with van der Waals surface area (Å²) in [5, 5.41) is 1.25. The first-order valence-corrected chi connectivity index (χ1v) is 4.15. The average Bonchev–Trinajstić information content (AvgIpc) is 2.51. The van der Waals surface area contributed by atoms with Gasteiger partial charge in [0, 0.05) is 13.1 Å². The van der Waals surface area contributed by atoms with Crippen molar-refractivity contribution in [2.24, 2.45) is 0 Å². The number of carbonyl (C=O) groups is 1. The standard InChI is InChI=1S/C8H11N3O2/c1-7(11-9-3-6-13-11)8(12)10-4-2-5-10/h3,6,9H,1-2,4-5H2. The number of likely N-dealkylation sites (tertiary alicyclic amines) is 1. The van der Waals surface area contributed by atoms with Crippen LogP contribution in [0.3, 0.4) is 0 Å². The Balaban J connectivity index is 1.92. The summed E-state index contributed by atoms with van der Waals surface area (Å²) in [6.45, 7) is 5.28. The van der Waals surface area contributed by atoms with Crippen LogP contribution in [0.5, 0.6) is 0 Å². The zero-order chi connectivity index (χ0) is 9.26. The molecule has 2 heterocycles. The number of hydrogen-bond donors (Lipinski definition) is 1. The van der Waals surface area contributed by atoms with E-state index < -0.39 is 0 Å². The van der Waals surface area contributed by atoms with Crippen molar-refractivity contribution in [3.8, 4) is 0 Å². The Morgan fingerprint density at radius 1 is 1.54 bits per heavy atom. The average molecular weight is 181 g/mol. The lowest BCUT2D eigenvalue weighted by atomic mass is 10.2. The van der Waals surface area contributed by atoms with E-state index in [0.29, 0.717) is 5.70 Å². The van der Waals surface area contributed by atoms with Gasteiger partial charge in [0.25, 0.3) is 5.91 Å². The first-order valence-electron chi connectivity index (χ1n) is 4.15. The van der Waals surface area contributed by atoms with Gasteiger partial charge in [-0.05, 0) is 6.42 Å². The molecule has 0 aromatic rings. The maximum Gasteiger partial charge on any atom is 0.275 e. The summed E-state index contributed by atoms with van der Waals surface area (Å²) in [5.41, 5.74) is 3.03. The third kappa shape index (κ3) is 1.32. The molecule has 5 nitrogen and oxygen atoms in total. The highest BCUT2D eigenvalue weighted by molar-refractivity contribution is 5.92. The number of hydrogen-bond acceptors (Lipinski definition) is 4. The predicted molar refractivity (Wildman–Crippen MR) is 45.5 cm³/mol. The Labute approximate surface area is 76.2 Å². The van der Waals surface area contributed by atoms with Crippen molar-refractivity contribution in [2.75, 3.05) is 13.1 Å². The van der Waals surface area contributed by atoms with Crippen molar-refractivity contribution in [1.82, 2.24) is 15.5 Å². The maximum absolute atomic E-state index is 11.5. The zero-order valence-electron chi connectivity index (χ0n) is 7.19. The van der Waals surface area contributed by atoms with Gasteiger partial charge in [0.05, 0.1) is 6.20 Å². The minimum Gasteiger partial charge on any atom is -0.365 e. The van der Waals surface area contributed by atoms with Crippen LogP contribution < -0.4 is 5.43 Å². The summed E-state index contributed by atoms with van der Waals surface area (Å²) in [6.07, 6.45) is 4.12. The highest BCUT2D eigenvalue weighted by Crippen LogP contribution is 2.13. The number of nitrogens with one attached hydrogen (secondary N) is 1. The van der Waals surface area contributed by atoms with Crippen molar-refractivity contribution in [2.45, 2.75) is 6.42 Å². The van der Waals surface area contributed by atoms with Crippen molar-refractivity contribution in [3.05, 3.63) is 24.7 Å². The van der Waals surface area contributed by atoms with Gasteiger partial charge >= 0.3 is 0 Å². The van der Waals surface area contributed by atoms with E-state index in [4.69, 9.17) is 4.84 Å². The normalized spacial score (nSPS) is 19.1. The molecule has 1 N–H and O–H groups in total. The maximum atomic E-state index is 11.5. The summed E-state index contributed by atoms with van der Waals surface area (Å²) >= 11 is 0. The van der Waals surface area contributed by atoms with Crippen LogP contribution in [0.25, 0.3) is 0 Å². The van der Waals surface area contributed by atoms with Gasteiger partial charge in [-0.25, -0.2) is 0 Å². The van der Waals surface area contributed by atoms with Crippen LogP contribution in [0, 0.1) is 0 Å². The topological polar surface area (TPSA) is 44.8 Å². The highest BCUT2D eigenvalue weighted by atomic mass is 16.7. The lowest BCUT2D eigenvalue weighted by Crippen LogP contribution is -2.46. The molecule has 5 heteroatoms. The molecule has 0 radical (unpaired) electrons. The number of rotatable bonds is 2. The molecule has 2 aliphatic rings. The molecule has 2 aliphatic heterocycles. The molecule has 0 aromatic carbocycles. The van der Waals surface area contributed by atoms with Gasteiger partial charge < -0.3 is 9.74 Å². The van der Waals surface area contributed by atoms with Crippen LogP contribution in [0.2, 0.25) is 0 Å². The Kier molecular flexibility index (Phi) is 1.84. The second-order valence-corrected chi connectivity index (χ2v) is 2.92. The Morgan fingerprint density at radius 2 is 2.31 bits per heavy atom. The summed E-state index contributed by atoms with van der Waals surface area (Å²) in [4.78, 5) is 18.2. The fourth-order valence-corrected chi connectivity index (χ4v) is 1.15. The third-order valence-electron chi connectivity index (χ3n) is 2.06. The van der Waals surface area contributed by atoms with Gasteiger partial charge in [-0.3, -0.25) is 10.2 Å². The van der Waals surface area contributed by atoms with Crippen LogP contribution in [0.1, 0.15) is 6.42 Å². The molecule has 1 fully saturated rings. The Bertz CT molecular complexity index is 263. The highest BCUT2D eigenvalue weighted by Gasteiger charge is 2.26. The van der Waals surface area contributed by atoms with E-state index in [1.54, 1.807) is 11.1 Å². The summed E-state index contributed by atoms with van der Waals surface area (Å²) in [6, 6.07) is 0. The fraction of sp³-hybridized carbons (Fsp3) is 0.375. The molecule has 0 bridgehead atoms.